The van der Waals surface area contributed by atoms with E-state index in [1.807, 2.05) is 0 Å². The second-order valence-corrected chi connectivity index (χ2v) is 4.65. The Balaban J connectivity index is 2.36. The molecule has 1 saturated heterocycles. The summed E-state index contributed by atoms with van der Waals surface area (Å²) >= 11 is 1.62. The standard InChI is InChI=1S/C10H11NO3S/c1-2-3-6-5-15-8-4-7(12)11(8)9(6)10(13)14/h2,8H,1,3-5H2,(H,13,14)/t8-/m0/s1. The highest BCUT2D eigenvalue weighted by Crippen LogP contribution is 2.40. The summed E-state index contributed by atoms with van der Waals surface area (Å²) in [6.07, 6.45) is 2.66. The van der Waals surface area contributed by atoms with Gasteiger partial charge in [0.05, 0.1) is 11.8 Å². The van der Waals surface area contributed by atoms with Gasteiger partial charge in [-0.25, -0.2) is 4.79 Å². The summed E-state index contributed by atoms with van der Waals surface area (Å²) in [7, 11) is 0. The van der Waals surface area contributed by atoms with Crippen LogP contribution < -0.4 is 0 Å². The topological polar surface area (TPSA) is 57.6 Å². The van der Waals surface area contributed by atoms with Gasteiger partial charge in [0.1, 0.15) is 5.70 Å². The molecule has 15 heavy (non-hydrogen) atoms. The number of β-lactam (4-membered cyclic amide) rings is 1. The Kier molecular flexibility index (Phi) is 2.56. The second kappa shape index (κ2) is 3.73. The molecular formula is C10H11NO3S. The molecule has 1 N–H and O–H groups in total. The number of thioether (sulfide) groups is 1. The highest BCUT2D eigenvalue weighted by atomic mass is 32.2. The van der Waals surface area contributed by atoms with E-state index in [-0.39, 0.29) is 17.0 Å². The molecule has 0 unspecified atom stereocenters. The highest BCUT2D eigenvalue weighted by Gasteiger charge is 2.44. The summed E-state index contributed by atoms with van der Waals surface area (Å²) in [5.74, 6) is -0.418. The van der Waals surface area contributed by atoms with Crippen molar-refractivity contribution in [2.45, 2.75) is 18.2 Å². The summed E-state index contributed by atoms with van der Waals surface area (Å²) in [5, 5.41) is 9.12. The Morgan fingerprint density at radius 1 is 1.73 bits per heavy atom. The Hall–Kier alpha value is -1.23. The number of aliphatic carboxylic acids is 1. The summed E-state index contributed by atoms with van der Waals surface area (Å²) in [5.41, 5.74) is 0.960. The summed E-state index contributed by atoms with van der Waals surface area (Å²) < 4.78 is 0. The number of carboxylic acids is 1. The van der Waals surface area contributed by atoms with Gasteiger partial charge in [0.2, 0.25) is 5.91 Å². The fourth-order valence-corrected chi connectivity index (χ4v) is 3.09. The van der Waals surface area contributed by atoms with E-state index >= 15 is 0 Å². The Labute approximate surface area is 91.6 Å². The molecule has 80 valence electrons. The maximum atomic E-state index is 11.3. The highest BCUT2D eigenvalue weighted by molar-refractivity contribution is 8.00. The molecule has 2 heterocycles. The third-order valence-corrected chi connectivity index (χ3v) is 3.80. The van der Waals surface area contributed by atoms with Gasteiger partial charge in [-0.3, -0.25) is 9.69 Å². The molecule has 0 aromatic rings. The summed E-state index contributed by atoms with van der Waals surface area (Å²) in [4.78, 5) is 23.8. The zero-order valence-electron chi connectivity index (χ0n) is 8.10. The fourth-order valence-electron chi connectivity index (χ4n) is 1.81. The van der Waals surface area contributed by atoms with Crippen LogP contribution in [-0.4, -0.2) is 33.0 Å². The molecule has 1 fully saturated rings. The molecule has 0 radical (unpaired) electrons. The van der Waals surface area contributed by atoms with Gasteiger partial charge in [-0.1, -0.05) is 6.08 Å². The van der Waals surface area contributed by atoms with Gasteiger partial charge in [-0.2, -0.15) is 0 Å². The van der Waals surface area contributed by atoms with Crippen LogP contribution in [0.15, 0.2) is 23.9 Å². The van der Waals surface area contributed by atoms with Crippen molar-refractivity contribution in [3.8, 4) is 0 Å². The Bertz CT molecular complexity index is 375. The summed E-state index contributed by atoms with van der Waals surface area (Å²) in [6, 6.07) is 0. The lowest BCUT2D eigenvalue weighted by Gasteiger charge is -2.43. The third-order valence-electron chi connectivity index (χ3n) is 2.52. The Morgan fingerprint density at radius 3 is 3.00 bits per heavy atom. The van der Waals surface area contributed by atoms with Crippen molar-refractivity contribution in [2.24, 2.45) is 0 Å². The van der Waals surface area contributed by atoms with Crippen molar-refractivity contribution >= 4 is 23.6 Å². The molecular weight excluding hydrogens is 214 g/mol. The van der Waals surface area contributed by atoms with Crippen LogP contribution >= 0.6 is 11.8 Å². The number of carbonyl (C=O) groups excluding carboxylic acids is 1. The quantitative estimate of drug-likeness (QED) is 0.579. The van der Waals surface area contributed by atoms with Crippen molar-refractivity contribution in [3.05, 3.63) is 23.9 Å². The first-order valence-electron chi connectivity index (χ1n) is 4.65. The zero-order valence-corrected chi connectivity index (χ0v) is 8.92. The van der Waals surface area contributed by atoms with E-state index < -0.39 is 5.97 Å². The average molecular weight is 225 g/mol. The number of allylic oxidation sites excluding steroid dienone is 1. The maximum absolute atomic E-state index is 11.3. The number of carboxylic acid groups (broad SMARTS) is 1. The Morgan fingerprint density at radius 2 is 2.47 bits per heavy atom. The predicted octanol–water partition coefficient (Wildman–Crippen LogP) is 1.21. The van der Waals surface area contributed by atoms with Gasteiger partial charge in [0, 0.05) is 5.75 Å². The smallest absolute Gasteiger partial charge is 0.352 e. The molecule has 5 heteroatoms. The van der Waals surface area contributed by atoms with E-state index in [1.165, 1.54) is 4.90 Å². The van der Waals surface area contributed by atoms with Crippen LogP contribution in [0.2, 0.25) is 0 Å². The van der Waals surface area contributed by atoms with Crippen LogP contribution in [0.3, 0.4) is 0 Å². The first kappa shape index (κ1) is 10.3. The molecule has 2 aliphatic rings. The molecule has 0 spiro atoms. The van der Waals surface area contributed by atoms with Crippen molar-refractivity contribution in [2.75, 3.05) is 5.75 Å². The minimum absolute atomic E-state index is 0.0390. The van der Waals surface area contributed by atoms with Gasteiger partial charge in [0.15, 0.2) is 0 Å². The van der Waals surface area contributed by atoms with Gasteiger partial charge in [-0.15, -0.1) is 18.3 Å². The lowest BCUT2D eigenvalue weighted by molar-refractivity contribution is -0.146. The van der Waals surface area contributed by atoms with Crippen LogP contribution in [0.25, 0.3) is 0 Å². The molecule has 2 rings (SSSR count). The van der Waals surface area contributed by atoms with E-state index in [2.05, 4.69) is 6.58 Å². The molecule has 1 atom stereocenters. The van der Waals surface area contributed by atoms with Gasteiger partial charge < -0.3 is 5.11 Å². The van der Waals surface area contributed by atoms with E-state index in [0.29, 0.717) is 18.6 Å². The van der Waals surface area contributed by atoms with E-state index in [1.54, 1.807) is 17.8 Å². The van der Waals surface area contributed by atoms with Crippen LogP contribution in [0.5, 0.6) is 0 Å². The number of fused-ring (bicyclic) bond motifs is 1. The van der Waals surface area contributed by atoms with Crippen LogP contribution in [0.4, 0.5) is 0 Å². The van der Waals surface area contributed by atoms with Crippen molar-refractivity contribution < 1.29 is 14.7 Å². The number of hydrogen-bond acceptors (Lipinski definition) is 3. The molecule has 0 aliphatic carbocycles. The molecule has 0 bridgehead atoms. The molecule has 1 amide bonds. The van der Waals surface area contributed by atoms with E-state index in [0.717, 1.165) is 5.57 Å². The number of amides is 1. The van der Waals surface area contributed by atoms with Gasteiger partial charge >= 0.3 is 5.97 Å². The molecule has 2 aliphatic heterocycles. The van der Waals surface area contributed by atoms with Gasteiger partial charge in [-0.05, 0) is 12.0 Å². The van der Waals surface area contributed by atoms with Crippen molar-refractivity contribution in [1.82, 2.24) is 4.90 Å². The number of rotatable bonds is 3. The lowest BCUT2D eigenvalue weighted by Crippen LogP contribution is -2.53. The molecule has 0 saturated carbocycles. The lowest BCUT2D eigenvalue weighted by atomic mass is 10.1. The van der Waals surface area contributed by atoms with Crippen molar-refractivity contribution in [3.63, 3.8) is 0 Å². The number of hydrogen-bond donors (Lipinski definition) is 1. The normalized spacial score (nSPS) is 24.7. The number of carbonyl (C=O) groups is 2. The SMILES string of the molecule is C=CCC1=C(C(=O)O)N2C(=O)C[C@@H]2SC1. The first-order valence-corrected chi connectivity index (χ1v) is 5.70. The third kappa shape index (κ3) is 1.56. The molecule has 0 aromatic carbocycles. The monoisotopic (exact) mass is 225 g/mol. The van der Waals surface area contributed by atoms with E-state index in [4.69, 9.17) is 5.11 Å². The maximum Gasteiger partial charge on any atom is 0.352 e. The zero-order chi connectivity index (χ0) is 11.0. The summed E-state index contributed by atoms with van der Waals surface area (Å²) in [6.45, 7) is 3.59. The molecule has 0 aromatic heterocycles. The van der Waals surface area contributed by atoms with Crippen molar-refractivity contribution in [1.29, 1.82) is 0 Å². The second-order valence-electron chi connectivity index (χ2n) is 3.48. The number of nitrogens with zero attached hydrogens (tertiary/aromatic N) is 1. The first-order chi connectivity index (χ1) is 7.15. The fraction of sp³-hybridized carbons (Fsp3) is 0.400. The molecule has 4 nitrogen and oxygen atoms in total. The minimum atomic E-state index is -1.01. The largest absolute Gasteiger partial charge is 0.477 e. The minimum Gasteiger partial charge on any atom is -0.477 e. The van der Waals surface area contributed by atoms with E-state index in [9.17, 15) is 9.59 Å². The van der Waals surface area contributed by atoms with Crippen LogP contribution in [0, 0.1) is 0 Å². The predicted molar refractivity (Wildman–Crippen MR) is 57.2 cm³/mol. The average Bonchev–Trinajstić information content (AvgIpc) is 2.18. The van der Waals surface area contributed by atoms with Gasteiger partial charge in [0.25, 0.3) is 0 Å². The van der Waals surface area contributed by atoms with Crippen LogP contribution in [0.1, 0.15) is 12.8 Å². The van der Waals surface area contributed by atoms with Crippen LogP contribution in [-0.2, 0) is 9.59 Å².